The fraction of sp³-hybridized carbons (Fsp3) is 0.143. The van der Waals surface area contributed by atoms with E-state index in [9.17, 15) is 9.59 Å². The molecular formula is C14H14N2O2. The topological polar surface area (TPSA) is 53.2 Å². The van der Waals surface area contributed by atoms with Gasteiger partial charge in [-0.2, -0.15) is 0 Å². The monoisotopic (exact) mass is 242 g/mol. The molecule has 0 aliphatic heterocycles. The zero-order valence-electron chi connectivity index (χ0n) is 10.3. The van der Waals surface area contributed by atoms with Crippen molar-refractivity contribution in [2.24, 2.45) is 0 Å². The molecule has 1 aromatic heterocycles. The van der Waals surface area contributed by atoms with Crippen molar-refractivity contribution in [2.75, 3.05) is 11.9 Å². The minimum absolute atomic E-state index is 0.238. The molecule has 1 N–H and O–H groups in total. The first-order chi connectivity index (χ1) is 8.58. The third kappa shape index (κ3) is 2.48. The second kappa shape index (κ2) is 4.87. The predicted molar refractivity (Wildman–Crippen MR) is 71.0 cm³/mol. The first-order valence-electron chi connectivity index (χ1n) is 5.62. The van der Waals surface area contributed by atoms with Gasteiger partial charge in [0.15, 0.2) is 0 Å². The average molecular weight is 242 g/mol. The number of hydrogen-bond acceptors (Lipinski definition) is 2. The molecule has 0 spiro atoms. The van der Waals surface area contributed by atoms with Crippen LogP contribution in [0.2, 0.25) is 0 Å². The number of aryl methyl sites for hydroxylation is 1. The minimum Gasteiger partial charge on any atom is -0.318 e. The summed E-state index contributed by atoms with van der Waals surface area (Å²) in [6, 6.07) is 12.2. The Morgan fingerprint density at radius 2 is 1.89 bits per heavy atom. The molecule has 0 fully saturated rings. The molecule has 1 aromatic carbocycles. The summed E-state index contributed by atoms with van der Waals surface area (Å²) in [5.41, 5.74) is 1.88. The molecule has 1 amide bonds. The highest BCUT2D eigenvalue weighted by Crippen LogP contribution is 2.15. The lowest BCUT2D eigenvalue weighted by Gasteiger charge is -2.17. The van der Waals surface area contributed by atoms with E-state index in [1.165, 1.54) is 11.0 Å². The number of carbonyl (C=O) groups is 1. The average Bonchev–Trinajstić information content (AvgIpc) is 2.37. The molecule has 1 heterocycles. The minimum atomic E-state index is -0.279. The highest BCUT2D eigenvalue weighted by molar-refractivity contribution is 6.04. The molecule has 2 aromatic rings. The van der Waals surface area contributed by atoms with E-state index in [2.05, 4.69) is 4.98 Å². The number of pyridine rings is 1. The van der Waals surface area contributed by atoms with Crippen LogP contribution < -0.4 is 10.5 Å². The van der Waals surface area contributed by atoms with E-state index in [0.717, 1.165) is 11.3 Å². The number of aromatic amines is 1. The Bertz CT molecular complexity index is 631. The molecule has 18 heavy (non-hydrogen) atoms. The second-order valence-corrected chi connectivity index (χ2v) is 4.13. The van der Waals surface area contributed by atoms with Gasteiger partial charge in [0.1, 0.15) is 5.69 Å². The highest BCUT2D eigenvalue weighted by Gasteiger charge is 2.13. The normalized spacial score (nSPS) is 10.1. The van der Waals surface area contributed by atoms with Crippen molar-refractivity contribution in [2.45, 2.75) is 6.92 Å². The Hall–Kier alpha value is -2.36. The lowest BCUT2D eigenvalue weighted by atomic mass is 10.2. The third-order valence-electron chi connectivity index (χ3n) is 2.69. The molecule has 4 heteroatoms. The second-order valence-electron chi connectivity index (χ2n) is 4.13. The van der Waals surface area contributed by atoms with Gasteiger partial charge >= 0.3 is 0 Å². The summed E-state index contributed by atoms with van der Waals surface area (Å²) < 4.78 is 0. The maximum atomic E-state index is 12.2. The molecule has 0 radical (unpaired) electrons. The SMILES string of the molecule is Cc1cccc(N(C)C(=O)c2cccc(=O)[nH]2)c1. The smallest absolute Gasteiger partial charge is 0.274 e. The molecule has 92 valence electrons. The number of aromatic nitrogens is 1. The summed E-state index contributed by atoms with van der Waals surface area (Å²) in [6.45, 7) is 1.96. The molecule has 0 aliphatic carbocycles. The van der Waals surface area contributed by atoms with Crippen molar-refractivity contribution >= 4 is 11.6 Å². The van der Waals surface area contributed by atoms with Gasteiger partial charge in [-0.1, -0.05) is 18.2 Å². The van der Waals surface area contributed by atoms with Gasteiger partial charge in [0.2, 0.25) is 5.56 Å². The van der Waals surface area contributed by atoms with Gasteiger partial charge in [-0.05, 0) is 30.7 Å². The maximum Gasteiger partial charge on any atom is 0.274 e. The van der Waals surface area contributed by atoms with Crippen LogP contribution in [0.3, 0.4) is 0 Å². The third-order valence-corrected chi connectivity index (χ3v) is 2.69. The van der Waals surface area contributed by atoms with Crippen molar-refractivity contribution in [3.05, 3.63) is 64.1 Å². The van der Waals surface area contributed by atoms with Crippen LogP contribution in [-0.4, -0.2) is 17.9 Å². The molecule has 0 saturated carbocycles. The van der Waals surface area contributed by atoms with E-state index in [0.29, 0.717) is 0 Å². The number of hydrogen-bond donors (Lipinski definition) is 1. The Morgan fingerprint density at radius 1 is 1.17 bits per heavy atom. The van der Waals surface area contributed by atoms with Crippen molar-refractivity contribution in [3.63, 3.8) is 0 Å². The predicted octanol–water partition coefficient (Wildman–Crippen LogP) is 1.96. The van der Waals surface area contributed by atoms with E-state index in [1.54, 1.807) is 19.2 Å². The Labute approximate surface area is 105 Å². The molecule has 0 bridgehead atoms. The number of carbonyl (C=O) groups excluding carboxylic acids is 1. The molecule has 2 rings (SSSR count). The lowest BCUT2D eigenvalue weighted by Crippen LogP contribution is -2.28. The van der Waals surface area contributed by atoms with Crippen molar-refractivity contribution in [1.29, 1.82) is 0 Å². The fourth-order valence-corrected chi connectivity index (χ4v) is 1.71. The summed E-state index contributed by atoms with van der Waals surface area (Å²) in [6.07, 6.45) is 0. The molecule has 0 unspecified atom stereocenters. The number of nitrogens with one attached hydrogen (secondary N) is 1. The summed E-state index contributed by atoms with van der Waals surface area (Å²) in [5, 5.41) is 0. The van der Waals surface area contributed by atoms with Gasteiger partial charge in [-0.3, -0.25) is 9.59 Å². The van der Waals surface area contributed by atoms with Gasteiger partial charge in [0, 0.05) is 18.8 Å². The zero-order chi connectivity index (χ0) is 13.1. The van der Waals surface area contributed by atoms with Crippen LogP contribution in [0, 0.1) is 6.92 Å². The summed E-state index contributed by atoms with van der Waals surface area (Å²) in [5.74, 6) is -0.238. The van der Waals surface area contributed by atoms with E-state index in [1.807, 2.05) is 31.2 Å². The summed E-state index contributed by atoms with van der Waals surface area (Å²) >= 11 is 0. The number of H-pyrrole nitrogens is 1. The molecule has 0 saturated heterocycles. The fourth-order valence-electron chi connectivity index (χ4n) is 1.71. The van der Waals surface area contributed by atoms with Crippen LogP contribution in [0.4, 0.5) is 5.69 Å². The van der Waals surface area contributed by atoms with Crippen LogP contribution in [0.5, 0.6) is 0 Å². The summed E-state index contributed by atoms with van der Waals surface area (Å²) in [7, 11) is 1.68. The number of rotatable bonds is 2. The zero-order valence-corrected chi connectivity index (χ0v) is 10.3. The standard InChI is InChI=1S/C14H14N2O2/c1-10-5-3-6-11(9-10)16(2)14(18)12-7-4-8-13(17)15-12/h3-9H,1-2H3,(H,15,17). The molecule has 4 nitrogen and oxygen atoms in total. The van der Waals surface area contributed by atoms with Crippen LogP contribution in [0.15, 0.2) is 47.3 Å². The maximum absolute atomic E-state index is 12.2. The number of anilines is 1. The van der Waals surface area contributed by atoms with E-state index in [4.69, 9.17) is 0 Å². The number of nitrogens with zero attached hydrogens (tertiary/aromatic N) is 1. The van der Waals surface area contributed by atoms with Gasteiger partial charge in [-0.15, -0.1) is 0 Å². The van der Waals surface area contributed by atoms with Crippen LogP contribution in [0.25, 0.3) is 0 Å². The summed E-state index contributed by atoms with van der Waals surface area (Å²) in [4.78, 5) is 27.4. The number of amides is 1. The van der Waals surface area contributed by atoms with Gasteiger partial charge in [0.05, 0.1) is 0 Å². The van der Waals surface area contributed by atoms with Crippen molar-refractivity contribution in [3.8, 4) is 0 Å². The van der Waals surface area contributed by atoms with Crippen LogP contribution >= 0.6 is 0 Å². The van der Waals surface area contributed by atoms with E-state index >= 15 is 0 Å². The largest absolute Gasteiger partial charge is 0.318 e. The van der Waals surface area contributed by atoms with Crippen LogP contribution in [-0.2, 0) is 0 Å². The van der Waals surface area contributed by atoms with Crippen molar-refractivity contribution < 1.29 is 4.79 Å². The van der Waals surface area contributed by atoms with Gasteiger partial charge in [0.25, 0.3) is 5.91 Å². The number of benzene rings is 1. The quantitative estimate of drug-likeness (QED) is 0.875. The van der Waals surface area contributed by atoms with Gasteiger partial charge in [-0.25, -0.2) is 0 Å². The molecule has 0 aliphatic rings. The Balaban J connectivity index is 2.32. The van der Waals surface area contributed by atoms with Crippen LogP contribution in [0.1, 0.15) is 16.1 Å². The molecule has 0 atom stereocenters. The van der Waals surface area contributed by atoms with E-state index < -0.39 is 0 Å². The first kappa shape index (κ1) is 12.1. The Morgan fingerprint density at radius 3 is 2.56 bits per heavy atom. The lowest BCUT2D eigenvalue weighted by molar-refractivity contribution is 0.0988. The van der Waals surface area contributed by atoms with Crippen molar-refractivity contribution in [1.82, 2.24) is 4.98 Å². The Kier molecular flexibility index (Phi) is 3.28. The highest BCUT2D eigenvalue weighted by atomic mass is 16.2. The van der Waals surface area contributed by atoms with Gasteiger partial charge < -0.3 is 9.88 Å². The molecular weight excluding hydrogens is 228 g/mol. The first-order valence-corrected chi connectivity index (χ1v) is 5.62. The van der Waals surface area contributed by atoms with E-state index in [-0.39, 0.29) is 17.2 Å².